The van der Waals surface area contributed by atoms with E-state index >= 15 is 0 Å². The van der Waals surface area contributed by atoms with E-state index in [-0.39, 0.29) is 12.4 Å². The molecule has 1 heterocycles. The quantitative estimate of drug-likeness (QED) is 0.725. The minimum Gasteiger partial charge on any atom is -0.336 e. The predicted octanol–water partition coefficient (Wildman–Crippen LogP) is 2.16. The lowest BCUT2D eigenvalue weighted by Crippen LogP contribution is -2.51. The van der Waals surface area contributed by atoms with Crippen LogP contribution in [0.25, 0.3) is 0 Å². The van der Waals surface area contributed by atoms with E-state index in [0.717, 1.165) is 19.6 Å². The Kier molecular flexibility index (Phi) is 7.75. The Morgan fingerprint density at radius 3 is 2.00 bits per heavy atom. The molecule has 1 saturated heterocycles. The van der Waals surface area contributed by atoms with Crippen LogP contribution in [0.4, 0.5) is 0 Å². The van der Waals surface area contributed by atoms with Crippen molar-refractivity contribution in [2.45, 2.75) is 3.79 Å². The van der Waals surface area contributed by atoms with Crippen LogP contribution in [0.5, 0.6) is 0 Å². The summed E-state index contributed by atoms with van der Waals surface area (Å²) in [5, 5.41) is 0. The summed E-state index contributed by atoms with van der Waals surface area (Å²) >= 11 is 22.2. The van der Waals surface area contributed by atoms with Crippen molar-refractivity contribution < 1.29 is 4.79 Å². The average Bonchev–Trinajstić information content (AvgIpc) is 2.17. The van der Waals surface area contributed by atoms with Gasteiger partial charge in [0, 0.05) is 38.6 Å². The number of nitrogens with zero attached hydrogens (tertiary/aromatic N) is 2. The molecule has 16 heavy (non-hydrogen) atoms. The lowest BCUT2D eigenvalue weighted by Gasteiger charge is -2.35. The Bertz CT molecular complexity index is 225. The lowest BCUT2D eigenvalue weighted by atomic mass is 10.3. The molecule has 8 heteroatoms. The summed E-state index contributed by atoms with van der Waals surface area (Å²) in [7, 11) is 0. The standard InChI is InChI=1S/C8H12Cl4N2O.ClH/c9-1-2-13-3-5-14(6-4-13)7(15)8(10,11)12;/h1-6H2;1H. The number of halogens is 5. The van der Waals surface area contributed by atoms with Crippen LogP contribution in [-0.2, 0) is 4.79 Å². The second kappa shape index (κ2) is 7.34. The van der Waals surface area contributed by atoms with Gasteiger partial charge in [-0.05, 0) is 0 Å². The minimum atomic E-state index is -1.84. The van der Waals surface area contributed by atoms with Crippen LogP contribution in [0.15, 0.2) is 0 Å². The number of hydrogen-bond donors (Lipinski definition) is 0. The molecule has 0 aromatic rings. The number of piperazine rings is 1. The molecule has 1 fully saturated rings. The van der Waals surface area contributed by atoms with Crippen molar-refractivity contribution in [3.63, 3.8) is 0 Å². The van der Waals surface area contributed by atoms with Crippen molar-refractivity contribution in [1.29, 1.82) is 0 Å². The molecule has 0 spiro atoms. The second-order valence-corrected chi connectivity index (χ2v) is 5.98. The lowest BCUT2D eigenvalue weighted by molar-refractivity contribution is -0.131. The maximum atomic E-state index is 11.6. The van der Waals surface area contributed by atoms with Gasteiger partial charge in [0.1, 0.15) is 0 Å². The van der Waals surface area contributed by atoms with E-state index in [1.165, 1.54) is 0 Å². The first-order valence-corrected chi connectivity index (χ1v) is 6.26. The maximum Gasteiger partial charge on any atom is 0.274 e. The topological polar surface area (TPSA) is 23.6 Å². The summed E-state index contributed by atoms with van der Waals surface area (Å²) in [6.07, 6.45) is 0. The largest absolute Gasteiger partial charge is 0.336 e. The highest BCUT2D eigenvalue weighted by atomic mass is 35.6. The van der Waals surface area contributed by atoms with Gasteiger partial charge in [0.15, 0.2) is 0 Å². The van der Waals surface area contributed by atoms with Crippen molar-refractivity contribution in [1.82, 2.24) is 9.80 Å². The minimum absolute atomic E-state index is 0. The van der Waals surface area contributed by atoms with Gasteiger partial charge in [-0.25, -0.2) is 0 Å². The first kappa shape index (κ1) is 16.9. The fraction of sp³-hybridized carbons (Fsp3) is 0.875. The fourth-order valence-electron chi connectivity index (χ4n) is 1.47. The third-order valence-corrected chi connectivity index (χ3v) is 2.96. The molecular weight excluding hydrogens is 317 g/mol. The van der Waals surface area contributed by atoms with Gasteiger partial charge in [0.25, 0.3) is 9.70 Å². The number of hydrogen-bond acceptors (Lipinski definition) is 2. The zero-order chi connectivity index (χ0) is 11.5. The van der Waals surface area contributed by atoms with E-state index in [1.807, 2.05) is 0 Å². The van der Waals surface area contributed by atoms with Crippen molar-refractivity contribution in [2.75, 3.05) is 38.6 Å². The van der Waals surface area contributed by atoms with Crippen LogP contribution in [0, 0.1) is 0 Å². The molecule has 0 unspecified atom stereocenters. The van der Waals surface area contributed by atoms with Crippen LogP contribution in [0.2, 0.25) is 0 Å². The summed E-state index contributed by atoms with van der Waals surface area (Å²) in [6, 6.07) is 0. The molecule has 0 bridgehead atoms. The third kappa shape index (κ3) is 5.03. The Morgan fingerprint density at radius 2 is 1.62 bits per heavy atom. The highest BCUT2D eigenvalue weighted by Crippen LogP contribution is 2.28. The van der Waals surface area contributed by atoms with Crippen LogP contribution in [-0.4, -0.2) is 58.1 Å². The van der Waals surface area contributed by atoms with Gasteiger partial charge >= 0.3 is 0 Å². The summed E-state index contributed by atoms with van der Waals surface area (Å²) in [5.74, 6) is 0.149. The third-order valence-electron chi connectivity index (χ3n) is 2.30. The molecule has 0 aromatic heterocycles. The summed E-state index contributed by atoms with van der Waals surface area (Å²) in [6.45, 7) is 3.56. The van der Waals surface area contributed by atoms with Gasteiger partial charge in [0.2, 0.25) is 0 Å². The van der Waals surface area contributed by atoms with Crippen molar-refractivity contribution >= 4 is 64.7 Å². The zero-order valence-corrected chi connectivity index (χ0v) is 12.3. The van der Waals surface area contributed by atoms with Crippen molar-refractivity contribution in [2.24, 2.45) is 0 Å². The molecule has 1 rings (SSSR count). The van der Waals surface area contributed by atoms with Gasteiger partial charge in [0.05, 0.1) is 0 Å². The summed E-state index contributed by atoms with van der Waals surface area (Å²) in [5.41, 5.74) is 0. The Labute approximate surface area is 121 Å². The van der Waals surface area contributed by atoms with E-state index in [0.29, 0.717) is 19.0 Å². The summed E-state index contributed by atoms with van der Waals surface area (Å²) in [4.78, 5) is 15.3. The smallest absolute Gasteiger partial charge is 0.274 e. The molecule has 3 nitrogen and oxygen atoms in total. The molecule has 0 saturated carbocycles. The first-order chi connectivity index (χ1) is 6.95. The van der Waals surface area contributed by atoms with E-state index in [9.17, 15) is 4.79 Å². The van der Waals surface area contributed by atoms with E-state index in [1.54, 1.807) is 4.90 Å². The number of carbonyl (C=O) groups excluding carboxylic acids is 1. The zero-order valence-electron chi connectivity index (χ0n) is 8.47. The summed E-state index contributed by atoms with van der Waals surface area (Å²) < 4.78 is -1.84. The SMILES string of the molecule is Cl.O=C(N1CCN(CCCl)CC1)C(Cl)(Cl)Cl. The average molecular weight is 330 g/mol. The molecule has 0 aliphatic carbocycles. The molecular formula is C8H13Cl5N2O. The second-order valence-electron chi connectivity index (χ2n) is 3.32. The molecule has 0 atom stereocenters. The molecule has 1 aliphatic rings. The van der Waals surface area contributed by atoms with Crippen LogP contribution < -0.4 is 0 Å². The van der Waals surface area contributed by atoms with Crippen molar-refractivity contribution in [3.05, 3.63) is 0 Å². The van der Waals surface area contributed by atoms with Gasteiger partial charge in [-0.2, -0.15) is 0 Å². The van der Waals surface area contributed by atoms with Crippen LogP contribution in [0.3, 0.4) is 0 Å². The van der Waals surface area contributed by atoms with E-state index in [4.69, 9.17) is 46.4 Å². The normalized spacial score (nSPS) is 18.1. The number of amides is 1. The molecule has 1 aliphatic heterocycles. The van der Waals surface area contributed by atoms with Gasteiger partial charge in [-0.1, -0.05) is 34.8 Å². The highest BCUT2D eigenvalue weighted by molar-refractivity contribution is 6.76. The van der Waals surface area contributed by atoms with Gasteiger partial charge in [-0.3, -0.25) is 9.69 Å². The van der Waals surface area contributed by atoms with Crippen LogP contribution >= 0.6 is 58.8 Å². The number of alkyl halides is 4. The van der Waals surface area contributed by atoms with E-state index < -0.39 is 9.70 Å². The van der Waals surface area contributed by atoms with Gasteiger partial charge in [-0.15, -0.1) is 24.0 Å². The number of carbonyl (C=O) groups is 1. The number of rotatable bonds is 2. The monoisotopic (exact) mass is 328 g/mol. The van der Waals surface area contributed by atoms with Crippen molar-refractivity contribution in [3.8, 4) is 0 Å². The Morgan fingerprint density at radius 1 is 1.12 bits per heavy atom. The molecule has 0 radical (unpaired) electrons. The highest BCUT2D eigenvalue weighted by Gasteiger charge is 2.36. The van der Waals surface area contributed by atoms with E-state index in [2.05, 4.69) is 4.90 Å². The molecule has 0 aromatic carbocycles. The molecule has 96 valence electrons. The fourth-order valence-corrected chi connectivity index (χ4v) is 2.07. The molecule has 1 amide bonds. The molecule has 0 N–H and O–H groups in total. The predicted molar refractivity (Wildman–Crippen MR) is 71.3 cm³/mol. The van der Waals surface area contributed by atoms with Crippen LogP contribution in [0.1, 0.15) is 0 Å². The maximum absolute atomic E-state index is 11.6. The van der Waals surface area contributed by atoms with Gasteiger partial charge < -0.3 is 4.90 Å². The Balaban J connectivity index is 0.00000225. The Hall–Kier alpha value is 0.880. The first-order valence-electron chi connectivity index (χ1n) is 4.59.